The molecule has 0 saturated carbocycles. The van der Waals surface area contributed by atoms with Crippen LogP contribution in [0.3, 0.4) is 0 Å². The second-order valence-corrected chi connectivity index (χ2v) is 4.49. The Morgan fingerprint density at radius 1 is 1.28 bits per heavy atom. The Kier molecular flexibility index (Phi) is 3.99. The number of nitrogens with two attached hydrogens (primary N) is 2. The molecule has 0 aromatic carbocycles. The van der Waals surface area contributed by atoms with Gasteiger partial charge in [0.25, 0.3) is 0 Å². The minimum atomic E-state index is -0.238. The van der Waals surface area contributed by atoms with Gasteiger partial charge in [0.2, 0.25) is 5.91 Å². The first-order chi connectivity index (χ1) is 8.65. The molecule has 1 fully saturated rings. The summed E-state index contributed by atoms with van der Waals surface area (Å²) >= 11 is 0. The number of aromatic nitrogens is 1. The molecule has 6 heteroatoms. The summed E-state index contributed by atoms with van der Waals surface area (Å²) in [6, 6.07) is 3.80. The lowest BCUT2D eigenvalue weighted by molar-refractivity contribution is -0.118. The molecule has 0 bridgehead atoms. The van der Waals surface area contributed by atoms with Crippen LogP contribution >= 0.6 is 0 Å². The number of hydrogen-bond donors (Lipinski definition) is 2. The maximum absolute atomic E-state index is 10.7. The molecule has 0 spiro atoms. The second kappa shape index (κ2) is 5.68. The Morgan fingerprint density at radius 2 is 2.00 bits per heavy atom. The zero-order valence-corrected chi connectivity index (χ0v) is 10.4. The van der Waals surface area contributed by atoms with Crippen LogP contribution in [0.25, 0.3) is 0 Å². The number of nitrogen functional groups attached to an aromatic ring is 1. The number of carbonyl (C=O) groups is 1. The largest absolute Gasteiger partial charge is 0.397 e. The highest BCUT2D eigenvalue weighted by Gasteiger charge is 2.17. The molecule has 1 aromatic rings. The van der Waals surface area contributed by atoms with Gasteiger partial charge in [-0.1, -0.05) is 0 Å². The van der Waals surface area contributed by atoms with Crippen LogP contribution < -0.4 is 16.4 Å². The Morgan fingerprint density at radius 3 is 2.56 bits per heavy atom. The van der Waals surface area contributed by atoms with E-state index in [9.17, 15) is 4.79 Å². The van der Waals surface area contributed by atoms with E-state index in [1.165, 1.54) is 0 Å². The van der Waals surface area contributed by atoms with E-state index < -0.39 is 0 Å². The van der Waals surface area contributed by atoms with Crippen molar-refractivity contribution >= 4 is 17.4 Å². The van der Waals surface area contributed by atoms with Crippen molar-refractivity contribution in [3.63, 3.8) is 0 Å². The number of rotatable bonds is 4. The van der Waals surface area contributed by atoms with E-state index >= 15 is 0 Å². The highest BCUT2D eigenvalue weighted by atomic mass is 16.1. The molecular weight excluding hydrogens is 230 g/mol. The Balaban J connectivity index is 1.83. The summed E-state index contributed by atoms with van der Waals surface area (Å²) < 4.78 is 0. The van der Waals surface area contributed by atoms with E-state index in [1.54, 1.807) is 6.20 Å². The molecule has 1 aromatic heterocycles. The van der Waals surface area contributed by atoms with Crippen molar-refractivity contribution in [2.75, 3.05) is 43.4 Å². The van der Waals surface area contributed by atoms with Gasteiger partial charge in [0.05, 0.1) is 11.9 Å². The minimum absolute atomic E-state index is 0.238. The molecule has 1 amide bonds. The molecule has 98 valence electrons. The van der Waals surface area contributed by atoms with Crippen molar-refractivity contribution in [2.24, 2.45) is 5.73 Å². The van der Waals surface area contributed by atoms with Gasteiger partial charge >= 0.3 is 0 Å². The van der Waals surface area contributed by atoms with E-state index in [2.05, 4.69) is 14.8 Å². The summed E-state index contributed by atoms with van der Waals surface area (Å²) in [7, 11) is 0. The van der Waals surface area contributed by atoms with Gasteiger partial charge in [0, 0.05) is 39.1 Å². The van der Waals surface area contributed by atoms with Gasteiger partial charge in [0.15, 0.2) is 0 Å². The molecule has 1 saturated heterocycles. The van der Waals surface area contributed by atoms with Crippen molar-refractivity contribution in [2.45, 2.75) is 6.42 Å². The molecule has 2 heterocycles. The maximum Gasteiger partial charge on any atom is 0.218 e. The Bertz CT molecular complexity index is 397. The summed E-state index contributed by atoms with van der Waals surface area (Å²) in [5.74, 6) is 0.719. The first kappa shape index (κ1) is 12.6. The number of carbonyl (C=O) groups excluding carboxylic acids is 1. The third kappa shape index (κ3) is 3.33. The van der Waals surface area contributed by atoms with Crippen LogP contribution in [0.1, 0.15) is 6.42 Å². The first-order valence-electron chi connectivity index (χ1n) is 6.12. The van der Waals surface area contributed by atoms with Gasteiger partial charge in [0.1, 0.15) is 5.82 Å². The molecule has 4 N–H and O–H groups in total. The molecule has 1 aliphatic heterocycles. The van der Waals surface area contributed by atoms with Crippen LogP contribution in [-0.4, -0.2) is 48.5 Å². The fourth-order valence-electron chi connectivity index (χ4n) is 2.05. The summed E-state index contributed by atoms with van der Waals surface area (Å²) in [6.07, 6.45) is 2.11. The number of hydrogen-bond acceptors (Lipinski definition) is 5. The predicted molar refractivity (Wildman–Crippen MR) is 71.1 cm³/mol. The zero-order valence-electron chi connectivity index (χ0n) is 10.4. The van der Waals surface area contributed by atoms with E-state index in [4.69, 9.17) is 11.5 Å². The van der Waals surface area contributed by atoms with Gasteiger partial charge in [-0.3, -0.25) is 9.69 Å². The minimum Gasteiger partial charge on any atom is -0.397 e. The SMILES string of the molecule is NC(=O)CCN1CCN(c2ccc(N)cn2)CC1. The second-order valence-electron chi connectivity index (χ2n) is 4.49. The van der Waals surface area contributed by atoms with E-state index in [-0.39, 0.29) is 5.91 Å². The van der Waals surface area contributed by atoms with Gasteiger partial charge in [-0.05, 0) is 12.1 Å². The van der Waals surface area contributed by atoms with E-state index in [0.29, 0.717) is 12.1 Å². The van der Waals surface area contributed by atoms with Gasteiger partial charge in [-0.15, -0.1) is 0 Å². The average Bonchev–Trinajstić information content (AvgIpc) is 2.38. The monoisotopic (exact) mass is 249 g/mol. The fourth-order valence-corrected chi connectivity index (χ4v) is 2.05. The highest BCUT2D eigenvalue weighted by molar-refractivity contribution is 5.73. The highest BCUT2D eigenvalue weighted by Crippen LogP contribution is 2.14. The molecule has 0 radical (unpaired) electrons. The third-order valence-corrected chi connectivity index (χ3v) is 3.14. The smallest absolute Gasteiger partial charge is 0.218 e. The van der Waals surface area contributed by atoms with Crippen molar-refractivity contribution in [3.05, 3.63) is 18.3 Å². The summed E-state index contributed by atoms with van der Waals surface area (Å²) in [6.45, 7) is 4.43. The zero-order chi connectivity index (χ0) is 13.0. The van der Waals surface area contributed by atoms with Crippen LogP contribution in [0.4, 0.5) is 11.5 Å². The van der Waals surface area contributed by atoms with Gasteiger partial charge in [-0.2, -0.15) is 0 Å². The average molecular weight is 249 g/mol. The molecular formula is C12H19N5O. The fraction of sp³-hybridized carbons (Fsp3) is 0.500. The number of pyridine rings is 1. The Hall–Kier alpha value is -1.82. The van der Waals surface area contributed by atoms with Crippen molar-refractivity contribution in [3.8, 4) is 0 Å². The summed E-state index contributed by atoms with van der Waals surface area (Å²) in [4.78, 5) is 19.5. The topological polar surface area (TPSA) is 88.5 Å². The third-order valence-electron chi connectivity index (χ3n) is 3.14. The number of anilines is 2. The van der Waals surface area contributed by atoms with Crippen molar-refractivity contribution < 1.29 is 4.79 Å². The maximum atomic E-state index is 10.7. The summed E-state index contributed by atoms with van der Waals surface area (Å²) in [5, 5.41) is 0. The molecule has 0 aliphatic carbocycles. The lowest BCUT2D eigenvalue weighted by atomic mass is 10.2. The van der Waals surface area contributed by atoms with Gasteiger partial charge in [-0.25, -0.2) is 4.98 Å². The van der Waals surface area contributed by atoms with Crippen LogP contribution in [0.5, 0.6) is 0 Å². The number of nitrogens with zero attached hydrogens (tertiary/aromatic N) is 3. The summed E-state index contributed by atoms with van der Waals surface area (Å²) in [5.41, 5.74) is 11.4. The van der Waals surface area contributed by atoms with E-state index in [1.807, 2.05) is 12.1 Å². The number of amides is 1. The normalized spacial score (nSPS) is 16.8. The first-order valence-corrected chi connectivity index (χ1v) is 6.12. The van der Waals surface area contributed by atoms with Crippen molar-refractivity contribution in [1.82, 2.24) is 9.88 Å². The van der Waals surface area contributed by atoms with E-state index in [0.717, 1.165) is 38.5 Å². The molecule has 18 heavy (non-hydrogen) atoms. The lowest BCUT2D eigenvalue weighted by Gasteiger charge is -2.35. The van der Waals surface area contributed by atoms with Crippen LogP contribution in [0.2, 0.25) is 0 Å². The van der Waals surface area contributed by atoms with Gasteiger partial charge < -0.3 is 16.4 Å². The predicted octanol–water partition coefficient (Wildman–Crippen LogP) is -0.339. The number of piperazine rings is 1. The molecule has 2 rings (SSSR count). The molecule has 0 atom stereocenters. The number of primary amides is 1. The Labute approximate surface area is 107 Å². The van der Waals surface area contributed by atoms with Crippen LogP contribution in [0.15, 0.2) is 18.3 Å². The van der Waals surface area contributed by atoms with Crippen molar-refractivity contribution in [1.29, 1.82) is 0 Å². The lowest BCUT2D eigenvalue weighted by Crippen LogP contribution is -2.47. The van der Waals surface area contributed by atoms with Crippen LogP contribution in [-0.2, 0) is 4.79 Å². The standard InChI is InChI=1S/C12H19N5O/c13-10-1-2-12(15-9-10)17-7-5-16(6-8-17)4-3-11(14)18/h1-2,9H,3-8,13H2,(H2,14,18). The van der Waals surface area contributed by atoms with Crippen LogP contribution in [0, 0.1) is 0 Å². The molecule has 0 unspecified atom stereocenters. The molecule has 6 nitrogen and oxygen atoms in total. The quantitative estimate of drug-likeness (QED) is 0.762. The molecule has 1 aliphatic rings.